The van der Waals surface area contributed by atoms with Crippen LogP contribution in [-0.2, 0) is 4.79 Å². The average molecular weight is 269 g/mol. The van der Waals surface area contributed by atoms with Gasteiger partial charge in [0.15, 0.2) is 0 Å². The molecular formula is C13H23N3OS. The zero-order valence-corrected chi connectivity index (χ0v) is 12.8. The number of aryl methyl sites for hydroxylation is 2. The summed E-state index contributed by atoms with van der Waals surface area (Å²) in [7, 11) is 1.83. The second kappa shape index (κ2) is 5.80. The highest BCUT2D eigenvalue weighted by Crippen LogP contribution is 2.29. The van der Waals surface area contributed by atoms with Gasteiger partial charge in [0.25, 0.3) is 0 Å². The van der Waals surface area contributed by atoms with Crippen LogP contribution >= 0.6 is 11.3 Å². The second-order valence-electron chi connectivity index (χ2n) is 4.96. The lowest BCUT2D eigenvalue weighted by Crippen LogP contribution is -2.40. The molecule has 4 nitrogen and oxygen atoms in total. The summed E-state index contributed by atoms with van der Waals surface area (Å²) in [6.07, 6.45) is 0. The van der Waals surface area contributed by atoms with E-state index in [1.165, 1.54) is 0 Å². The van der Waals surface area contributed by atoms with Gasteiger partial charge in [0.05, 0.1) is 22.7 Å². The normalized spacial score (nSPS) is 16.2. The minimum atomic E-state index is -0.160. The van der Waals surface area contributed by atoms with E-state index in [1.807, 2.05) is 41.7 Å². The fourth-order valence-electron chi connectivity index (χ4n) is 1.85. The Balaban J connectivity index is 2.87. The molecule has 18 heavy (non-hydrogen) atoms. The minimum absolute atomic E-state index is 0.0462. The van der Waals surface area contributed by atoms with Gasteiger partial charge >= 0.3 is 0 Å². The average Bonchev–Trinajstić information content (AvgIpc) is 2.64. The maximum atomic E-state index is 12.2. The number of hydrogen-bond acceptors (Lipinski definition) is 4. The Bertz CT molecular complexity index is 428. The van der Waals surface area contributed by atoms with Gasteiger partial charge in [0.1, 0.15) is 0 Å². The third-order valence-corrected chi connectivity index (χ3v) is 4.67. The van der Waals surface area contributed by atoms with Crippen LogP contribution in [0.5, 0.6) is 0 Å². The molecule has 0 saturated carbocycles. The van der Waals surface area contributed by atoms with Gasteiger partial charge in [-0.1, -0.05) is 6.92 Å². The van der Waals surface area contributed by atoms with Crippen LogP contribution in [0.4, 0.5) is 0 Å². The fraction of sp³-hybridized carbons (Fsp3) is 0.692. The topological polar surface area (TPSA) is 59.2 Å². The number of nitrogens with two attached hydrogens (primary N) is 1. The molecule has 0 spiro atoms. The van der Waals surface area contributed by atoms with Crippen molar-refractivity contribution in [3.05, 3.63) is 15.6 Å². The van der Waals surface area contributed by atoms with Gasteiger partial charge in [-0.05, 0) is 27.7 Å². The summed E-state index contributed by atoms with van der Waals surface area (Å²) in [6.45, 7) is 9.75. The molecule has 1 aromatic rings. The zero-order chi connectivity index (χ0) is 14.0. The van der Waals surface area contributed by atoms with Crippen molar-refractivity contribution in [3.8, 4) is 0 Å². The molecule has 0 fully saturated rings. The van der Waals surface area contributed by atoms with Crippen molar-refractivity contribution < 1.29 is 4.79 Å². The molecule has 1 rings (SSSR count). The Morgan fingerprint density at radius 3 is 2.28 bits per heavy atom. The third kappa shape index (κ3) is 3.09. The van der Waals surface area contributed by atoms with E-state index in [0.717, 1.165) is 15.6 Å². The molecule has 1 amide bonds. The molecule has 2 N–H and O–H groups in total. The molecule has 1 heterocycles. The lowest BCUT2D eigenvalue weighted by atomic mass is 10.0. The van der Waals surface area contributed by atoms with Crippen LogP contribution in [0.15, 0.2) is 0 Å². The summed E-state index contributed by atoms with van der Waals surface area (Å²) in [6, 6.07) is -0.0821. The smallest absolute Gasteiger partial charge is 0.227 e. The number of amides is 1. The number of carbonyl (C=O) groups is 1. The molecule has 102 valence electrons. The van der Waals surface area contributed by atoms with Crippen LogP contribution < -0.4 is 5.73 Å². The Morgan fingerprint density at radius 1 is 1.33 bits per heavy atom. The van der Waals surface area contributed by atoms with Crippen molar-refractivity contribution in [2.24, 2.45) is 11.7 Å². The molecule has 0 aliphatic carbocycles. The molecule has 0 radical (unpaired) electrons. The molecule has 0 aliphatic heterocycles. The summed E-state index contributed by atoms with van der Waals surface area (Å²) in [5, 5.41) is 1.04. The quantitative estimate of drug-likeness (QED) is 0.912. The number of aromatic nitrogens is 1. The van der Waals surface area contributed by atoms with E-state index in [0.29, 0.717) is 0 Å². The largest absolute Gasteiger partial charge is 0.338 e. The molecule has 0 aliphatic rings. The van der Waals surface area contributed by atoms with Crippen LogP contribution in [-0.4, -0.2) is 28.9 Å². The first kappa shape index (κ1) is 15.1. The summed E-state index contributed by atoms with van der Waals surface area (Å²) in [5.41, 5.74) is 6.80. The first-order chi connectivity index (χ1) is 8.25. The molecule has 0 saturated heterocycles. The third-order valence-electron chi connectivity index (χ3n) is 3.43. The van der Waals surface area contributed by atoms with Gasteiger partial charge in [-0.25, -0.2) is 4.98 Å². The van der Waals surface area contributed by atoms with Crippen molar-refractivity contribution in [1.82, 2.24) is 9.88 Å². The van der Waals surface area contributed by atoms with Crippen molar-refractivity contribution >= 4 is 17.2 Å². The number of hydrogen-bond donors (Lipinski definition) is 1. The molecule has 3 atom stereocenters. The van der Waals surface area contributed by atoms with E-state index >= 15 is 0 Å². The van der Waals surface area contributed by atoms with Crippen molar-refractivity contribution in [2.75, 3.05) is 7.05 Å². The van der Waals surface area contributed by atoms with Gasteiger partial charge in [0, 0.05) is 18.0 Å². The van der Waals surface area contributed by atoms with E-state index in [9.17, 15) is 4.79 Å². The number of carbonyl (C=O) groups excluding carboxylic acids is 1. The Kier molecular flexibility index (Phi) is 4.87. The first-order valence-corrected chi connectivity index (χ1v) is 7.03. The van der Waals surface area contributed by atoms with Gasteiger partial charge in [-0.15, -0.1) is 11.3 Å². The van der Waals surface area contributed by atoms with Crippen molar-refractivity contribution in [1.29, 1.82) is 0 Å². The number of rotatable bonds is 4. The number of nitrogens with zero attached hydrogens (tertiary/aromatic N) is 2. The van der Waals surface area contributed by atoms with Gasteiger partial charge < -0.3 is 10.6 Å². The molecule has 1 aromatic heterocycles. The van der Waals surface area contributed by atoms with E-state index in [2.05, 4.69) is 4.98 Å². The Labute approximate surface area is 113 Å². The Hall–Kier alpha value is -0.940. The summed E-state index contributed by atoms with van der Waals surface area (Å²) >= 11 is 1.65. The predicted octanol–water partition coefficient (Wildman–Crippen LogP) is 2.26. The zero-order valence-electron chi connectivity index (χ0n) is 12.0. The molecule has 0 bridgehead atoms. The Morgan fingerprint density at radius 2 is 1.89 bits per heavy atom. The maximum absolute atomic E-state index is 12.2. The van der Waals surface area contributed by atoms with E-state index in [-0.39, 0.29) is 23.9 Å². The molecular weight excluding hydrogens is 246 g/mol. The predicted molar refractivity (Wildman–Crippen MR) is 75.6 cm³/mol. The van der Waals surface area contributed by atoms with E-state index in [1.54, 1.807) is 16.2 Å². The van der Waals surface area contributed by atoms with Gasteiger partial charge in [0.2, 0.25) is 5.91 Å². The lowest BCUT2D eigenvalue weighted by molar-refractivity contribution is -0.136. The van der Waals surface area contributed by atoms with E-state index < -0.39 is 0 Å². The second-order valence-corrected chi connectivity index (χ2v) is 6.19. The maximum Gasteiger partial charge on any atom is 0.227 e. The monoisotopic (exact) mass is 269 g/mol. The van der Waals surface area contributed by atoms with Crippen LogP contribution in [0, 0.1) is 19.8 Å². The van der Waals surface area contributed by atoms with Gasteiger partial charge in [-0.3, -0.25) is 4.79 Å². The van der Waals surface area contributed by atoms with Crippen molar-refractivity contribution in [3.63, 3.8) is 0 Å². The first-order valence-electron chi connectivity index (χ1n) is 6.21. The van der Waals surface area contributed by atoms with Crippen LogP contribution in [0.1, 0.15) is 42.4 Å². The minimum Gasteiger partial charge on any atom is -0.338 e. The van der Waals surface area contributed by atoms with Gasteiger partial charge in [-0.2, -0.15) is 0 Å². The van der Waals surface area contributed by atoms with E-state index in [4.69, 9.17) is 5.73 Å². The summed E-state index contributed by atoms with van der Waals surface area (Å²) in [4.78, 5) is 19.6. The highest BCUT2D eigenvalue weighted by atomic mass is 32.1. The fourth-order valence-corrected chi connectivity index (χ4v) is 2.87. The molecule has 3 unspecified atom stereocenters. The summed E-state index contributed by atoms with van der Waals surface area (Å²) < 4.78 is 0. The van der Waals surface area contributed by atoms with Crippen molar-refractivity contribution in [2.45, 2.75) is 46.7 Å². The highest BCUT2D eigenvalue weighted by molar-refractivity contribution is 7.11. The molecule has 5 heteroatoms. The lowest BCUT2D eigenvalue weighted by Gasteiger charge is -2.28. The van der Waals surface area contributed by atoms with Crippen LogP contribution in [0.2, 0.25) is 0 Å². The van der Waals surface area contributed by atoms with Crippen LogP contribution in [0.3, 0.4) is 0 Å². The highest BCUT2D eigenvalue weighted by Gasteiger charge is 2.26. The standard InChI is InChI=1S/C13H23N3OS/c1-7(8(2)14)13(17)16(6)10(4)12-9(3)15-11(5)18-12/h7-8,10H,14H2,1-6H3. The SMILES string of the molecule is Cc1nc(C)c(C(C)N(C)C(=O)C(C)C(C)N)s1. The molecule has 0 aromatic carbocycles. The summed E-state index contributed by atoms with van der Waals surface area (Å²) in [5.74, 6) is -0.0743. The number of thiazole rings is 1. The van der Waals surface area contributed by atoms with Crippen LogP contribution in [0.25, 0.3) is 0 Å².